The van der Waals surface area contributed by atoms with Crippen molar-refractivity contribution >= 4 is 27.6 Å². The molecule has 0 spiro atoms. The first kappa shape index (κ1) is 20.5. The van der Waals surface area contributed by atoms with Gasteiger partial charge in [0.15, 0.2) is 0 Å². The van der Waals surface area contributed by atoms with Crippen LogP contribution in [0.25, 0.3) is 0 Å². The van der Waals surface area contributed by atoms with Gasteiger partial charge in [0, 0.05) is 6.54 Å². The van der Waals surface area contributed by atoms with Gasteiger partial charge in [-0.3, -0.25) is 4.79 Å². The first-order valence-corrected chi connectivity index (χ1v) is 9.46. The molecule has 0 radical (unpaired) electrons. The largest absolute Gasteiger partial charge is 0.465 e. The minimum absolute atomic E-state index is 0.0335. The highest BCUT2D eigenvalue weighted by molar-refractivity contribution is 7.89. The van der Waals surface area contributed by atoms with Crippen LogP contribution in [0.4, 0.5) is 10.1 Å². The average molecular weight is 394 g/mol. The molecule has 144 valence electrons. The van der Waals surface area contributed by atoms with Crippen LogP contribution in [0, 0.1) is 5.82 Å². The Morgan fingerprint density at radius 2 is 1.74 bits per heavy atom. The third-order valence-electron chi connectivity index (χ3n) is 3.73. The molecule has 27 heavy (non-hydrogen) atoms. The van der Waals surface area contributed by atoms with E-state index in [-0.39, 0.29) is 22.7 Å². The van der Waals surface area contributed by atoms with Crippen molar-refractivity contribution in [3.63, 3.8) is 0 Å². The maximum Gasteiger partial charge on any atom is 0.339 e. The Balaban J connectivity index is 2.18. The van der Waals surface area contributed by atoms with E-state index in [4.69, 9.17) is 0 Å². The van der Waals surface area contributed by atoms with E-state index < -0.39 is 34.3 Å². The fourth-order valence-electron chi connectivity index (χ4n) is 2.35. The second-order valence-electron chi connectivity index (χ2n) is 5.47. The second-order valence-corrected chi connectivity index (χ2v) is 7.41. The lowest BCUT2D eigenvalue weighted by atomic mass is 10.2. The summed E-state index contributed by atoms with van der Waals surface area (Å²) in [4.78, 5) is 24.0. The number of carbonyl (C=O) groups excluding carboxylic acids is 2. The molecule has 2 aromatic rings. The zero-order chi connectivity index (χ0) is 20.0. The van der Waals surface area contributed by atoms with Crippen molar-refractivity contribution in [1.82, 2.24) is 4.31 Å². The van der Waals surface area contributed by atoms with Crippen LogP contribution in [0.15, 0.2) is 53.4 Å². The van der Waals surface area contributed by atoms with Gasteiger partial charge in [-0.2, -0.15) is 4.31 Å². The van der Waals surface area contributed by atoms with Gasteiger partial charge in [0.1, 0.15) is 5.82 Å². The number of anilines is 1. The minimum Gasteiger partial charge on any atom is -0.465 e. The maximum atomic E-state index is 13.0. The van der Waals surface area contributed by atoms with Crippen molar-refractivity contribution in [2.45, 2.75) is 11.8 Å². The number of amides is 1. The third kappa shape index (κ3) is 4.89. The molecule has 0 saturated carbocycles. The normalized spacial score (nSPS) is 11.3. The summed E-state index contributed by atoms with van der Waals surface area (Å²) in [5.74, 6) is -1.81. The zero-order valence-corrected chi connectivity index (χ0v) is 15.6. The van der Waals surface area contributed by atoms with Gasteiger partial charge in [0.05, 0.1) is 29.8 Å². The lowest BCUT2D eigenvalue weighted by molar-refractivity contribution is -0.116. The van der Waals surface area contributed by atoms with Gasteiger partial charge < -0.3 is 10.1 Å². The van der Waals surface area contributed by atoms with Crippen molar-refractivity contribution in [1.29, 1.82) is 0 Å². The summed E-state index contributed by atoms with van der Waals surface area (Å²) >= 11 is 0. The predicted molar refractivity (Wildman–Crippen MR) is 97.2 cm³/mol. The van der Waals surface area contributed by atoms with Gasteiger partial charge in [-0.15, -0.1) is 0 Å². The third-order valence-corrected chi connectivity index (χ3v) is 5.67. The van der Waals surface area contributed by atoms with Crippen LogP contribution in [0.1, 0.15) is 17.3 Å². The molecule has 0 aliphatic carbocycles. The molecule has 0 aliphatic rings. The zero-order valence-electron chi connectivity index (χ0n) is 14.8. The number of ether oxygens (including phenoxy) is 1. The molecule has 0 saturated heterocycles. The number of esters is 1. The summed E-state index contributed by atoms with van der Waals surface area (Å²) in [6.45, 7) is 1.15. The molecular formula is C18H19FN2O5S. The van der Waals surface area contributed by atoms with Gasteiger partial charge in [0.25, 0.3) is 0 Å². The van der Waals surface area contributed by atoms with E-state index in [0.29, 0.717) is 0 Å². The highest BCUT2D eigenvalue weighted by Crippen LogP contribution is 2.18. The van der Waals surface area contributed by atoms with Crippen LogP contribution in [0.3, 0.4) is 0 Å². The fraction of sp³-hybridized carbons (Fsp3) is 0.222. The summed E-state index contributed by atoms with van der Waals surface area (Å²) in [7, 11) is -2.75. The number of likely N-dealkylation sites (N-methyl/N-ethyl adjacent to an activating group) is 1. The number of halogens is 1. The van der Waals surface area contributed by atoms with Crippen molar-refractivity contribution in [3.8, 4) is 0 Å². The molecule has 0 aliphatic heterocycles. The van der Waals surface area contributed by atoms with Crippen LogP contribution >= 0.6 is 0 Å². The van der Waals surface area contributed by atoms with Crippen LogP contribution < -0.4 is 5.32 Å². The van der Waals surface area contributed by atoms with Gasteiger partial charge in [-0.25, -0.2) is 17.6 Å². The molecule has 1 N–H and O–H groups in total. The van der Waals surface area contributed by atoms with Gasteiger partial charge >= 0.3 is 5.97 Å². The molecule has 2 rings (SSSR count). The Bertz CT molecular complexity index is 929. The summed E-state index contributed by atoms with van der Waals surface area (Å²) in [6, 6.07) is 10.6. The topological polar surface area (TPSA) is 92.8 Å². The Hall–Kier alpha value is -2.78. The number of methoxy groups -OCH3 is 1. The summed E-state index contributed by atoms with van der Waals surface area (Å²) in [5.41, 5.74) is 0.363. The highest BCUT2D eigenvalue weighted by Gasteiger charge is 2.25. The van der Waals surface area contributed by atoms with E-state index in [2.05, 4.69) is 10.1 Å². The van der Waals surface area contributed by atoms with Crippen LogP contribution in [-0.4, -0.2) is 44.8 Å². The quantitative estimate of drug-likeness (QED) is 0.727. The lowest BCUT2D eigenvalue weighted by Crippen LogP contribution is -2.38. The molecular weight excluding hydrogens is 375 g/mol. The van der Waals surface area contributed by atoms with Crippen LogP contribution in [-0.2, 0) is 19.6 Å². The molecule has 0 heterocycles. The number of benzene rings is 2. The van der Waals surface area contributed by atoms with Gasteiger partial charge in [-0.05, 0) is 36.4 Å². The summed E-state index contributed by atoms with van der Waals surface area (Å²) in [6.07, 6.45) is 0. The lowest BCUT2D eigenvalue weighted by Gasteiger charge is -2.20. The Labute approximate surface area is 156 Å². The number of nitrogens with zero attached hydrogens (tertiary/aromatic N) is 1. The van der Waals surface area contributed by atoms with E-state index >= 15 is 0 Å². The van der Waals surface area contributed by atoms with Crippen molar-refractivity contribution < 1.29 is 27.1 Å². The number of rotatable bonds is 7. The first-order valence-electron chi connectivity index (χ1n) is 8.02. The second kappa shape index (κ2) is 8.74. The van der Waals surface area contributed by atoms with Gasteiger partial charge in [-0.1, -0.05) is 19.1 Å². The summed E-state index contributed by atoms with van der Waals surface area (Å²) < 4.78 is 43.9. The van der Waals surface area contributed by atoms with E-state index in [0.717, 1.165) is 28.6 Å². The predicted octanol–water partition coefficient (Wildman–Crippen LogP) is 2.26. The number of nitrogens with one attached hydrogen (secondary N) is 1. The van der Waals surface area contributed by atoms with Crippen molar-refractivity contribution in [3.05, 3.63) is 59.9 Å². The first-order chi connectivity index (χ1) is 12.8. The molecule has 2 aromatic carbocycles. The molecule has 9 heteroatoms. The Kier molecular flexibility index (Phi) is 6.65. The monoisotopic (exact) mass is 394 g/mol. The molecule has 0 bridgehead atoms. The molecule has 7 nitrogen and oxygen atoms in total. The Morgan fingerprint density at radius 3 is 2.33 bits per heavy atom. The maximum absolute atomic E-state index is 13.0. The fourth-order valence-corrected chi connectivity index (χ4v) is 3.76. The van der Waals surface area contributed by atoms with Crippen LogP contribution in [0.5, 0.6) is 0 Å². The van der Waals surface area contributed by atoms with E-state index in [9.17, 15) is 22.4 Å². The van der Waals surface area contributed by atoms with E-state index in [1.54, 1.807) is 19.1 Å². The number of hydrogen-bond acceptors (Lipinski definition) is 5. The van der Waals surface area contributed by atoms with E-state index in [1.807, 2.05) is 0 Å². The standard InChI is InChI=1S/C18H19FN2O5S/c1-3-21(27(24,25)14-10-8-13(19)9-11-14)12-17(22)20-16-7-5-4-6-15(16)18(23)26-2/h4-11H,3,12H2,1-2H3,(H,20,22). The molecule has 0 unspecified atom stereocenters. The van der Waals surface area contributed by atoms with Gasteiger partial charge in [0.2, 0.25) is 15.9 Å². The molecule has 0 atom stereocenters. The van der Waals surface area contributed by atoms with Crippen molar-refractivity contribution in [2.24, 2.45) is 0 Å². The SMILES string of the molecule is CCN(CC(=O)Nc1ccccc1C(=O)OC)S(=O)(=O)c1ccc(F)cc1. The minimum atomic E-state index is -3.97. The Morgan fingerprint density at radius 1 is 1.11 bits per heavy atom. The average Bonchev–Trinajstić information content (AvgIpc) is 2.66. The number of para-hydroxylation sites is 1. The molecule has 0 fully saturated rings. The van der Waals surface area contributed by atoms with Crippen molar-refractivity contribution in [2.75, 3.05) is 25.5 Å². The van der Waals surface area contributed by atoms with E-state index in [1.165, 1.54) is 19.2 Å². The number of sulfonamides is 1. The molecule has 1 amide bonds. The van der Waals surface area contributed by atoms with Crippen LogP contribution in [0.2, 0.25) is 0 Å². The highest BCUT2D eigenvalue weighted by atomic mass is 32.2. The molecule has 0 aromatic heterocycles. The summed E-state index contributed by atoms with van der Waals surface area (Å²) in [5, 5.41) is 2.52. The number of carbonyl (C=O) groups is 2. The smallest absolute Gasteiger partial charge is 0.339 e. The number of hydrogen-bond donors (Lipinski definition) is 1.